The van der Waals surface area contributed by atoms with Gasteiger partial charge in [-0.05, 0) is 12.3 Å². The lowest BCUT2D eigenvalue weighted by Gasteiger charge is -1.83. The van der Waals surface area contributed by atoms with E-state index in [-0.39, 0.29) is 5.78 Å². The Morgan fingerprint density at radius 1 is 2.00 bits per heavy atom. The van der Waals surface area contributed by atoms with Crippen molar-refractivity contribution in [3.8, 4) is 0 Å². The summed E-state index contributed by atoms with van der Waals surface area (Å²) in [7, 11) is 0. The number of thioether (sulfide) groups is 1. The van der Waals surface area contributed by atoms with Crippen molar-refractivity contribution in [3.05, 3.63) is 12.0 Å². The van der Waals surface area contributed by atoms with Crippen LogP contribution in [-0.2, 0) is 4.79 Å². The maximum atomic E-state index is 10.1. The Balaban J connectivity index is 2.97. The normalized spacial score (nSPS) is 8.14. The van der Waals surface area contributed by atoms with Crippen LogP contribution >= 0.6 is 11.8 Å². The Kier molecular flexibility index (Phi) is 3.80. The smallest absolute Gasteiger partial charge is 0.140 e. The largest absolute Gasteiger partial charge is 0.299 e. The number of hydrogen-bond donors (Lipinski definition) is 0. The van der Waals surface area contributed by atoms with Crippen molar-refractivity contribution < 1.29 is 4.79 Å². The van der Waals surface area contributed by atoms with Crippen LogP contribution in [0.15, 0.2) is 12.0 Å². The molecule has 0 aliphatic rings. The van der Waals surface area contributed by atoms with Gasteiger partial charge in [0.15, 0.2) is 0 Å². The molecule has 1 nitrogen and oxygen atoms in total. The molecule has 0 heterocycles. The highest BCUT2D eigenvalue weighted by Crippen LogP contribution is 1.97. The van der Waals surface area contributed by atoms with Gasteiger partial charge in [-0.1, -0.05) is 6.58 Å². The van der Waals surface area contributed by atoms with Gasteiger partial charge in [-0.15, -0.1) is 11.8 Å². The zero-order valence-corrected chi connectivity index (χ0v) is 5.12. The van der Waals surface area contributed by atoms with Crippen LogP contribution in [0, 0.1) is 0 Å². The summed E-state index contributed by atoms with van der Waals surface area (Å²) in [4.78, 5) is 10.1. The van der Waals surface area contributed by atoms with E-state index in [9.17, 15) is 4.79 Å². The van der Waals surface area contributed by atoms with Gasteiger partial charge in [-0.3, -0.25) is 4.79 Å². The van der Waals surface area contributed by atoms with Gasteiger partial charge in [0, 0.05) is 0 Å². The first-order valence-corrected chi connectivity index (χ1v) is 3.04. The van der Waals surface area contributed by atoms with Crippen molar-refractivity contribution in [3.63, 3.8) is 0 Å². The molecule has 0 N–H and O–H groups in total. The summed E-state index contributed by atoms with van der Waals surface area (Å²) in [5.41, 5.74) is 0. The van der Waals surface area contributed by atoms with E-state index >= 15 is 0 Å². The van der Waals surface area contributed by atoms with Gasteiger partial charge in [0.1, 0.15) is 5.78 Å². The van der Waals surface area contributed by atoms with Crippen molar-refractivity contribution in [1.29, 1.82) is 0 Å². The molecule has 0 aromatic carbocycles. The molecule has 0 bridgehead atoms. The third kappa shape index (κ3) is 5.76. The van der Waals surface area contributed by atoms with Gasteiger partial charge in [0.05, 0.1) is 5.75 Å². The first kappa shape index (κ1) is 6.76. The lowest BCUT2D eigenvalue weighted by atomic mass is 10.5. The van der Waals surface area contributed by atoms with Gasteiger partial charge >= 0.3 is 0 Å². The van der Waals surface area contributed by atoms with Crippen LogP contribution < -0.4 is 0 Å². The van der Waals surface area contributed by atoms with Crippen LogP contribution in [-0.4, -0.2) is 11.5 Å². The summed E-state index contributed by atoms with van der Waals surface area (Å²) in [6.45, 7) is 5.01. The fourth-order valence-corrected chi connectivity index (χ4v) is 0.529. The predicted molar refractivity (Wildman–Crippen MR) is 33.3 cm³/mol. The highest BCUT2D eigenvalue weighted by Gasteiger charge is 1.85. The standard InChI is InChI=1S/C5H8OS/c1-3-7-4-5(2)6/h3H,1,4H2,2H3. The molecule has 40 valence electrons. The van der Waals surface area contributed by atoms with Crippen LogP contribution in [0.25, 0.3) is 0 Å². The number of carbonyl (C=O) groups is 1. The second-order valence-corrected chi connectivity index (χ2v) is 2.14. The Bertz CT molecular complexity index is 78.1. The molecule has 2 heteroatoms. The summed E-state index contributed by atoms with van der Waals surface area (Å²) in [6.07, 6.45) is 0. The summed E-state index contributed by atoms with van der Waals surface area (Å²) in [6, 6.07) is 0. The Hall–Kier alpha value is -0.240. The second-order valence-electron chi connectivity index (χ2n) is 1.18. The maximum absolute atomic E-state index is 10.1. The number of rotatable bonds is 3. The van der Waals surface area contributed by atoms with Crippen molar-refractivity contribution in [2.24, 2.45) is 0 Å². The van der Waals surface area contributed by atoms with Crippen molar-refractivity contribution in [2.75, 3.05) is 5.75 Å². The molecule has 0 aliphatic heterocycles. The van der Waals surface area contributed by atoms with Crippen LogP contribution in [0.2, 0.25) is 0 Å². The van der Waals surface area contributed by atoms with E-state index in [4.69, 9.17) is 0 Å². The monoisotopic (exact) mass is 116 g/mol. The molecule has 7 heavy (non-hydrogen) atoms. The van der Waals surface area contributed by atoms with Crippen LogP contribution in [0.3, 0.4) is 0 Å². The van der Waals surface area contributed by atoms with Gasteiger partial charge in [0.25, 0.3) is 0 Å². The number of hydrogen-bond acceptors (Lipinski definition) is 2. The SMILES string of the molecule is C=CSCC(C)=O. The van der Waals surface area contributed by atoms with Gasteiger partial charge in [0.2, 0.25) is 0 Å². The van der Waals surface area contributed by atoms with E-state index in [2.05, 4.69) is 6.58 Å². The molecule has 0 unspecified atom stereocenters. The van der Waals surface area contributed by atoms with Crippen LogP contribution in [0.4, 0.5) is 0 Å². The number of ketones is 1. The summed E-state index contributed by atoms with van der Waals surface area (Å²) < 4.78 is 0. The third-order valence-corrected chi connectivity index (χ3v) is 1.21. The van der Waals surface area contributed by atoms with E-state index in [1.807, 2.05) is 0 Å². The van der Waals surface area contributed by atoms with E-state index in [1.165, 1.54) is 11.8 Å². The Labute approximate surface area is 47.8 Å². The minimum absolute atomic E-state index is 0.199. The maximum Gasteiger partial charge on any atom is 0.140 e. The molecule has 0 aromatic rings. The van der Waals surface area contributed by atoms with Gasteiger partial charge in [-0.25, -0.2) is 0 Å². The van der Waals surface area contributed by atoms with E-state index in [0.717, 1.165) is 0 Å². The second kappa shape index (κ2) is 3.93. The molecule has 0 saturated carbocycles. The zero-order valence-electron chi connectivity index (χ0n) is 4.31. The molecule has 0 aromatic heterocycles. The lowest BCUT2D eigenvalue weighted by molar-refractivity contribution is -0.114. The Morgan fingerprint density at radius 3 is 2.71 bits per heavy atom. The molecule has 0 atom stereocenters. The highest BCUT2D eigenvalue weighted by atomic mass is 32.2. The lowest BCUT2D eigenvalue weighted by Crippen LogP contribution is -1.89. The van der Waals surface area contributed by atoms with E-state index in [0.29, 0.717) is 5.75 Å². The molecular formula is C5H8OS. The van der Waals surface area contributed by atoms with Crippen LogP contribution in [0.1, 0.15) is 6.92 Å². The fourth-order valence-electron chi connectivity index (χ4n) is 0.176. The van der Waals surface area contributed by atoms with Gasteiger partial charge < -0.3 is 0 Å². The third-order valence-electron chi connectivity index (χ3n) is 0.404. The summed E-state index contributed by atoms with van der Waals surface area (Å²) in [5.74, 6) is 0.758. The predicted octanol–water partition coefficient (Wildman–Crippen LogP) is 1.45. The summed E-state index contributed by atoms with van der Waals surface area (Å²) >= 11 is 1.43. The minimum Gasteiger partial charge on any atom is -0.299 e. The summed E-state index contributed by atoms with van der Waals surface area (Å²) in [5, 5.41) is 1.67. The fraction of sp³-hybridized carbons (Fsp3) is 0.400. The molecular weight excluding hydrogens is 108 g/mol. The first-order chi connectivity index (χ1) is 3.27. The Morgan fingerprint density at radius 2 is 2.57 bits per heavy atom. The number of carbonyl (C=O) groups excluding carboxylic acids is 1. The van der Waals surface area contributed by atoms with Crippen molar-refractivity contribution in [1.82, 2.24) is 0 Å². The average Bonchev–Trinajstić information content (AvgIpc) is 1.61. The minimum atomic E-state index is 0.199. The molecule has 0 spiro atoms. The highest BCUT2D eigenvalue weighted by molar-refractivity contribution is 8.02. The van der Waals surface area contributed by atoms with Gasteiger partial charge in [-0.2, -0.15) is 0 Å². The first-order valence-electron chi connectivity index (χ1n) is 1.99. The molecule has 0 fully saturated rings. The quantitative estimate of drug-likeness (QED) is 0.555. The molecule has 0 aliphatic carbocycles. The van der Waals surface area contributed by atoms with Crippen molar-refractivity contribution in [2.45, 2.75) is 6.92 Å². The average molecular weight is 116 g/mol. The topological polar surface area (TPSA) is 17.1 Å². The van der Waals surface area contributed by atoms with E-state index < -0.39 is 0 Å². The molecule has 0 radical (unpaired) electrons. The zero-order chi connectivity index (χ0) is 5.70. The van der Waals surface area contributed by atoms with Crippen molar-refractivity contribution >= 4 is 17.5 Å². The molecule has 0 amide bonds. The molecule has 0 saturated heterocycles. The number of Topliss-reactive ketones (excluding diaryl/α,β-unsaturated/α-hetero) is 1. The van der Waals surface area contributed by atoms with E-state index in [1.54, 1.807) is 12.3 Å². The molecule has 0 rings (SSSR count). The van der Waals surface area contributed by atoms with Crippen LogP contribution in [0.5, 0.6) is 0 Å².